The van der Waals surface area contributed by atoms with E-state index in [1.165, 1.54) is 5.56 Å². The van der Waals surface area contributed by atoms with Gasteiger partial charge in [0.15, 0.2) is 11.5 Å². The molecule has 1 amide bonds. The molecule has 1 N–H and O–H groups in total. The molecular formula is C19H19NO3. The third kappa shape index (κ3) is 4.36. The Morgan fingerprint density at radius 1 is 1.09 bits per heavy atom. The van der Waals surface area contributed by atoms with Crippen LogP contribution < -0.4 is 14.8 Å². The largest absolute Gasteiger partial charge is 0.454 e. The predicted octanol–water partition coefficient (Wildman–Crippen LogP) is 3.18. The van der Waals surface area contributed by atoms with Crippen LogP contribution >= 0.6 is 0 Å². The van der Waals surface area contributed by atoms with Gasteiger partial charge in [0.05, 0.1) is 0 Å². The van der Waals surface area contributed by atoms with Crippen molar-refractivity contribution in [3.8, 4) is 11.5 Å². The predicted molar refractivity (Wildman–Crippen MR) is 89.4 cm³/mol. The molecule has 0 spiro atoms. The molecule has 1 heterocycles. The molecule has 1 aliphatic rings. The highest BCUT2D eigenvalue weighted by Gasteiger charge is 2.12. The summed E-state index contributed by atoms with van der Waals surface area (Å²) in [6, 6.07) is 15.9. The minimum absolute atomic E-state index is 0.0873. The standard InChI is InChI=1S/C19H19NO3/c21-19(20-12-4-7-15-5-2-1-3-6-15)11-9-16-8-10-17-18(13-16)23-14-22-17/h1-3,5-6,8-11,13H,4,7,12,14H2,(H,20,21). The highest BCUT2D eigenvalue weighted by atomic mass is 16.7. The number of hydrogen-bond donors (Lipinski definition) is 1. The lowest BCUT2D eigenvalue weighted by atomic mass is 10.1. The molecule has 2 aromatic carbocycles. The zero-order valence-electron chi connectivity index (χ0n) is 12.8. The van der Waals surface area contributed by atoms with Gasteiger partial charge in [-0.05, 0) is 42.2 Å². The third-order valence-corrected chi connectivity index (χ3v) is 3.61. The molecular weight excluding hydrogens is 290 g/mol. The van der Waals surface area contributed by atoms with Crippen molar-refractivity contribution >= 4 is 12.0 Å². The van der Waals surface area contributed by atoms with Crippen molar-refractivity contribution in [3.63, 3.8) is 0 Å². The number of carbonyl (C=O) groups is 1. The summed E-state index contributed by atoms with van der Waals surface area (Å²) in [6.45, 7) is 0.920. The molecule has 0 atom stereocenters. The van der Waals surface area contributed by atoms with Gasteiger partial charge in [0.1, 0.15) is 0 Å². The molecule has 0 radical (unpaired) electrons. The van der Waals surface area contributed by atoms with Crippen molar-refractivity contribution in [2.45, 2.75) is 12.8 Å². The number of fused-ring (bicyclic) bond motifs is 1. The molecule has 4 nitrogen and oxygen atoms in total. The van der Waals surface area contributed by atoms with Crippen LogP contribution in [-0.2, 0) is 11.2 Å². The number of hydrogen-bond acceptors (Lipinski definition) is 3. The lowest BCUT2D eigenvalue weighted by molar-refractivity contribution is -0.116. The van der Waals surface area contributed by atoms with E-state index >= 15 is 0 Å². The second-order valence-electron chi connectivity index (χ2n) is 5.33. The van der Waals surface area contributed by atoms with Gasteiger partial charge < -0.3 is 14.8 Å². The van der Waals surface area contributed by atoms with Crippen molar-refractivity contribution in [2.75, 3.05) is 13.3 Å². The van der Waals surface area contributed by atoms with Crippen LogP contribution in [0.3, 0.4) is 0 Å². The molecule has 1 aliphatic heterocycles. The van der Waals surface area contributed by atoms with Gasteiger partial charge in [-0.3, -0.25) is 4.79 Å². The topological polar surface area (TPSA) is 47.6 Å². The molecule has 0 fully saturated rings. The van der Waals surface area contributed by atoms with E-state index in [1.54, 1.807) is 12.2 Å². The molecule has 0 aliphatic carbocycles. The van der Waals surface area contributed by atoms with Crippen LogP contribution in [0.2, 0.25) is 0 Å². The van der Waals surface area contributed by atoms with Crippen LogP contribution in [0.1, 0.15) is 17.5 Å². The fraction of sp³-hybridized carbons (Fsp3) is 0.211. The summed E-state index contributed by atoms with van der Waals surface area (Å²) >= 11 is 0. The summed E-state index contributed by atoms with van der Waals surface area (Å²) in [5, 5.41) is 2.89. The molecule has 4 heteroatoms. The van der Waals surface area contributed by atoms with Crippen molar-refractivity contribution < 1.29 is 14.3 Å². The highest BCUT2D eigenvalue weighted by Crippen LogP contribution is 2.32. The van der Waals surface area contributed by atoms with Crippen LogP contribution in [0.15, 0.2) is 54.6 Å². The van der Waals surface area contributed by atoms with Gasteiger partial charge in [-0.1, -0.05) is 36.4 Å². The lowest BCUT2D eigenvalue weighted by Crippen LogP contribution is -2.22. The summed E-state index contributed by atoms with van der Waals surface area (Å²) in [7, 11) is 0. The van der Waals surface area contributed by atoms with E-state index < -0.39 is 0 Å². The Balaban J connectivity index is 1.42. The smallest absolute Gasteiger partial charge is 0.243 e. The number of rotatable bonds is 6. The first-order valence-corrected chi connectivity index (χ1v) is 7.71. The van der Waals surface area contributed by atoms with E-state index in [1.807, 2.05) is 36.4 Å². The quantitative estimate of drug-likeness (QED) is 0.658. The molecule has 0 aromatic heterocycles. The Hall–Kier alpha value is -2.75. The van der Waals surface area contributed by atoms with Gasteiger partial charge in [0.25, 0.3) is 0 Å². The number of amides is 1. The average Bonchev–Trinajstić information content (AvgIpc) is 3.05. The zero-order valence-corrected chi connectivity index (χ0v) is 12.8. The van der Waals surface area contributed by atoms with Crippen molar-refractivity contribution in [2.24, 2.45) is 0 Å². The van der Waals surface area contributed by atoms with E-state index in [0.29, 0.717) is 6.54 Å². The molecule has 3 rings (SSSR count). The average molecular weight is 309 g/mol. The van der Waals surface area contributed by atoms with Crippen LogP contribution in [-0.4, -0.2) is 19.2 Å². The first-order chi connectivity index (χ1) is 11.3. The molecule has 0 saturated carbocycles. The molecule has 0 saturated heterocycles. The van der Waals surface area contributed by atoms with E-state index in [4.69, 9.17) is 9.47 Å². The molecule has 2 aromatic rings. The number of ether oxygens (including phenoxy) is 2. The number of benzene rings is 2. The van der Waals surface area contributed by atoms with Gasteiger partial charge >= 0.3 is 0 Å². The van der Waals surface area contributed by atoms with E-state index in [9.17, 15) is 4.79 Å². The molecule has 118 valence electrons. The van der Waals surface area contributed by atoms with Gasteiger partial charge in [0, 0.05) is 12.6 Å². The Morgan fingerprint density at radius 2 is 1.91 bits per heavy atom. The lowest BCUT2D eigenvalue weighted by Gasteiger charge is -2.03. The van der Waals surface area contributed by atoms with Crippen LogP contribution in [0.4, 0.5) is 0 Å². The molecule has 0 unspecified atom stereocenters. The van der Waals surface area contributed by atoms with Gasteiger partial charge in [-0.25, -0.2) is 0 Å². The molecule has 23 heavy (non-hydrogen) atoms. The summed E-state index contributed by atoms with van der Waals surface area (Å²) in [5.41, 5.74) is 2.20. The summed E-state index contributed by atoms with van der Waals surface area (Å²) in [6.07, 6.45) is 5.20. The highest BCUT2D eigenvalue weighted by molar-refractivity contribution is 5.91. The monoisotopic (exact) mass is 309 g/mol. The number of nitrogens with one attached hydrogen (secondary N) is 1. The SMILES string of the molecule is O=C(C=Cc1ccc2c(c1)OCO2)NCCCc1ccccc1. The Morgan fingerprint density at radius 3 is 2.78 bits per heavy atom. The van der Waals surface area contributed by atoms with Crippen LogP contribution in [0.5, 0.6) is 11.5 Å². The minimum atomic E-state index is -0.0873. The Bertz CT molecular complexity index is 695. The Kier molecular flexibility index (Phi) is 4.94. The third-order valence-electron chi connectivity index (χ3n) is 3.61. The number of aryl methyl sites for hydroxylation is 1. The molecule has 0 bridgehead atoms. The second kappa shape index (κ2) is 7.49. The van der Waals surface area contributed by atoms with E-state index in [2.05, 4.69) is 17.4 Å². The van der Waals surface area contributed by atoms with E-state index in [-0.39, 0.29) is 12.7 Å². The maximum absolute atomic E-state index is 11.8. The van der Waals surface area contributed by atoms with Crippen LogP contribution in [0, 0.1) is 0 Å². The van der Waals surface area contributed by atoms with Crippen molar-refractivity contribution in [1.82, 2.24) is 5.32 Å². The first kappa shape index (κ1) is 15.2. The van der Waals surface area contributed by atoms with E-state index in [0.717, 1.165) is 29.9 Å². The fourth-order valence-corrected chi connectivity index (χ4v) is 2.40. The summed E-state index contributed by atoms with van der Waals surface area (Å²) < 4.78 is 10.6. The fourth-order valence-electron chi connectivity index (χ4n) is 2.40. The minimum Gasteiger partial charge on any atom is -0.454 e. The van der Waals surface area contributed by atoms with Gasteiger partial charge in [-0.2, -0.15) is 0 Å². The normalized spacial score (nSPS) is 12.5. The summed E-state index contributed by atoms with van der Waals surface area (Å²) in [5.74, 6) is 1.37. The number of carbonyl (C=O) groups excluding carboxylic acids is 1. The van der Waals surface area contributed by atoms with Gasteiger partial charge in [0.2, 0.25) is 12.7 Å². The Labute approximate surface area is 135 Å². The van der Waals surface area contributed by atoms with Gasteiger partial charge in [-0.15, -0.1) is 0 Å². The van der Waals surface area contributed by atoms with Crippen LogP contribution in [0.25, 0.3) is 6.08 Å². The first-order valence-electron chi connectivity index (χ1n) is 7.71. The maximum Gasteiger partial charge on any atom is 0.243 e. The summed E-state index contributed by atoms with van der Waals surface area (Å²) in [4.78, 5) is 11.8. The second-order valence-corrected chi connectivity index (χ2v) is 5.33. The van der Waals surface area contributed by atoms with Crippen molar-refractivity contribution in [3.05, 3.63) is 65.7 Å². The zero-order chi connectivity index (χ0) is 15.9. The maximum atomic E-state index is 11.8. The van der Waals surface area contributed by atoms with Crippen molar-refractivity contribution in [1.29, 1.82) is 0 Å².